The van der Waals surface area contributed by atoms with Crippen molar-refractivity contribution in [1.82, 2.24) is 15.6 Å². The van der Waals surface area contributed by atoms with Crippen molar-refractivity contribution in [3.05, 3.63) is 22.6 Å². The molecule has 0 aliphatic carbocycles. The van der Waals surface area contributed by atoms with Crippen LogP contribution < -0.4 is 15.5 Å². The predicted molar refractivity (Wildman–Crippen MR) is 136 cm³/mol. The Kier molecular flexibility index (Phi) is 9.81. The summed E-state index contributed by atoms with van der Waals surface area (Å²) in [4.78, 5) is 30.7. The Morgan fingerprint density at radius 2 is 1.97 bits per heavy atom. The van der Waals surface area contributed by atoms with Gasteiger partial charge in [-0.15, -0.1) is 11.3 Å². The number of carbonyl (C=O) groups is 2. The lowest BCUT2D eigenvalue weighted by Gasteiger charge is -2.33. The van der Waals surface area contributed by atoms with Crippen LogP contribution >= 0.6 is 11.3 Å². The van der Waals surface area contributed by atoms with Crippen LogP contribution in [-0.4, -0.2) is 49.8 Å². The smallest absolute Gasteiger partial charge is 0.417 e. The third-order valence-corrected chi connectivity index (χ3v) is 7.67. The van der Waals surface area contributed by atoms with Gasteiger partial charge in [0.25, 0.3) is 5.91 Å². The van der Waals surface area contributed by atoms with E-state index >= 15 is 0 Å². The van der Waals surface area contributed by atoms with Crippen LogP contribution in [0.4, 0.5) is 23.8 Å². The summed E-state index contributed by atoms with van der Waals surface area (Å²) in [7, 11) is 1.43. The third-order valence-electron chi connectivity index (χ3n) is 6.67. The Labute approximate surface area is 213 Å². The molecule has 1 fully saturated rings. The van der Waals surface area contributed by atoms with E-state index in [1.165, 1.54) is 18.8 Å². The maximum atomic E-state index is 13.8. The molecule has 0 saturated carbocycles. The highest BCUT2D eigenvalue weighted by Gasteiger charge is 2.36. The number of halogens is 3. The topological polar surface area (TPSA) is 83.6 Å². The van der Waals surface area contributed by atoms with E-state index in [0.717, 1.165) is 43.1 Å². The molecule has 0 bridgehead atoms. The van der Waals surface area contributed by atoms with Gasteiger partial charge in [-0.1, -0.05) is 39.5 Å². The SMILES string of the molecule is CCCCCC(CC)COC(=O)NC1CCN(c2cc(C(F)(F)F)c3scc(C(=O)NC)c3n2)CC1. The van der Waals surface area contributed by atoms with E-state index in [9.17, 15) is 22.8 Å². The fourth-order valence-electron chi connectivity index (χ4n) is 4.41. The van der Waals surface area contributed by atoms with Crippen molar-refractivity contribution in [2.45, 2.75) is 71.0 Å². The van der Waals surface area contributed by atoms with Crippen molar-refractivity contribution in [3.8, 4) is 0 Å². The molecule has 36 heavy (non-hydrogen) atoms. The highest BCUT2D eigenvalue weighted by molar-refractivity contribution is 7.17. The molecule has 3 heterocycles. The summed E-state index contributed by atoms with van der Waals surface area (Å²) in [5, 5.41) is 6.75. The molecule has 0 radical (unpaired) electrons. The minimum atomic E-state index is -4.57. The number of carbonyl (C=O) groups excluding carboxylic acids is 2. The number of rotatable bonds is 10. The Hall–Kier alpha value is -2.56. The molecule has 0 aromatic carbocycles. The second-order valence-corrected chi connectivity index (χ2v) is 10.1. The Balaban J connectivity index is 1.62. The molecule has 0 spiro atoms. The first kappa shape index (κ1) is 28.0. The first-order valence-corrected chi connectivity index (χ1v) is 13.5. The third kappa shape index (κ3) is 7.02. The Morgan fingerprint density at radius 1 is 1.25 bits per heavy atom. The van der Waals surface area contributed by atoms with Gasteiger partial charge in [-0.2, -0.15) is 13.2 Å². The minimum Gasteiger partial charge on any atom is -0.449 e. The summed E-state index contributed by atoms with van der Waals surface area (Å²) in [6.45, 7) is 5.49. The number of alkyl halides is 3. The van der Waals surface area contributed by atoms with Crippen LogP contribution in [0.5, 0.6) is 0 Å². The number of fused-ring (bicyclic) bond motifs is 1. The molecule has 1 aliphatic rings. The van der Waals surface area contributed by atoms with Crippen LogP contribution in [-0.2, 0) is 10.9 Å². The number of alkyl carbamates (subject to hydrolysis) is 1. The van der Waals surface area contributed by atoms with Gasteiger partial charge < -0.3 is 20.3 Å². The molecule has 1 saturated heterocycles. The molecule has 200 valence electrons. The molecule has 1 unspecified atom stereocenters. The molecule has 11 heteroatoms. The number of unbranched alkanes of at least 4 members (excludes halogenated alkanes) is 2. The van der Waals surface area contributed by atoms with E-state index in [4.69, 9.17) is 4.74 Å². The standard InChI is InChI=1S/C25H35F3N4O3S/c1-4-6-7-8-16(5-2)14-35-24(34)30-17-9-11-32(12-10-17)20-13-19(25(26,27)28)22-21(31-20)18(15-36-22)23(33)29-3/h13,15-17H,4-12,14H2,1-3H3,(H,29,33)(H,30,34). The molecule has 2 aromatic rings. The summed E-state index contributed by atoms with van der Waals surface area (Å²) in [5.74, 6) is 0.0538. The number of aromatic nitrogens is 1. The van der Waals surface area contributed by atoms with Crippen molar-refractivity contribution in [3.63, 3.8) is 0 Å². The van der Waals surface area contributed by atoms with Gasteiger partial charge in [0.1, 0.15) is 5.82 Å². The number of ether oxygens (including phenoxy) is 1. The average Bonchev–Trinajstić information content (AvgIpc) is 3.29. The first-order valence-electron chi connectivity index (χ1n) is 12.6. The zero-order chi connectivity index (χ0) is 26.3. The van der Waals surface area contributed by atoms with Gasteiger partial charge in [0.2, 0.25) is 0 Å². The van der Waals surface area contributed by atoms with Crippen molar-refractivity contribution in [1.29, 1.82) is 0 Å². The summed E-state index contributed by atoms with van der Waals surface area (Å²) in [6.07, 6.45) is 1.53. The fourth-order valence-corrected chi connectivity index (χ4v) is 5.43. The summed E-state index contributed by atoms with van der Waals surface area (Å²) in [6, 6.07) is 0.931. The number of nitrogens with zero attached hydrogens (tertiary/aromatic N) is 2. The number of hydrogen-bond acceptors (Lipinski definition) is 6. The molecule has 2 aromatic heterocycles. The van der Waals surface area contributed by atoms with Gasteiger partial charge >= 0.3 is 12.3 Å². The van der Waals surface area contributed by atoms with Crippen LogP contribution in [0.15, 0.2) is 11.4 Å². The maximum absolute atomic E-state index is 13.8. The number of amides is 2. The maximum Gasteiger partial charge on any atom is 0.417 e. The van der Waals surface area contributed by atoms with E-state index in [1.54, 1.807) is 4.90 Å². The summed E-state index contributed by atoms with van der Waals surface area (Å²) >= 11 is 0.864. The van der Waals surface area contributed by atoms with Crippen molar-refractivity contribution in [2.24, 2.45) is 5.92 Å². The van der Waals surface area contributed by atoms with Gasteiger partial charge in [0.05, 0.1) is 28.0 Å². The van der Waals surface area contributed by atoms with Crippen LogP contribution in [0.25, 0.3) is 10.2 Å². The highest BCUT2D eigenvalue weighted by atomic mass is 32.1. The second-order valence-electron chi connectivity index (χ2n) is 9.21. The molecule has 2 N–H and O–H groups in total. The summed E-state index contributed by atoms with van der Waals surface area (Å²) < 4.78 is 46.8. The van der Waals surface area contributed by atoms with Crippen molar-refractivity contribution >= 4 is 39.4 Å². The lowest BCUT2D eigenvalue weighted by molar-refractivity contribution is -0.136. The number of piperidine rings is 1. The van der Waals surface area contributed by atoms with Crippen LogP contribution in [0, 0.1) is 5.92 Å². The lowest BCUT2D eigenvalue weighted by atomic mass is 10.00. The lowest BCUT2D eigenvalue weighted by Crippen LogP contribution is -2.45. The number of anilines is 1. The molecule has 1 atom stereocenters. The Morgan fingerprint density at radius 3 is 2.58 bits per heavy atom. The van der Waals surface area contributed by atoms with Crippen LogP contribution in [0.2, 0.25) is 0 Å². The van der Waals surface area contributed by atoms with Gasteiger partial charge in [0, 0.05) is 31.6 Å². The van der Waals surface area contributed by atoms with Crippen LogP contribution in [0.1, 0.15) is 74.7 Å². The van der Waals surface area contributed by atoms with Gasteiger partial charge in [-0.25, -0.2) is 9.78 Å². The van der Waals surface area contributed by atoms with E-state index in [-0.39, 0.29) is 27.6 Å². The number of nitrogens with one attached hydrogen (secondary N) is 2. The van der Waals surface area contributed by atoms with E-state index in [1.807, 2.05) is 0 Å². The molecule has 3 rings (SSSR count). The van der Waals surface area contributed by atoms with Crippen LogP contribution in [0.3, 0.4) is 0 Å². The molecule has 2 amide bonds. The molecule has 7 nitrogen and oxygen atoms in total. The fraction of sp³-hybridized carbons (Fsp3) is 0.640. The number of hydrogen-bond donors (Lipinski definition) is 2. The van der Waals surface area contributed by atoms with E-state index in [2.05, 4.69) is 29.5 Å². The monoisotopic (exact) mass is 528 g/mol. The van der Waals surface area contributed by atoms with E-state index < -0.39 is 23.7 Å². The van der Waals surface area contributed by atoms with Gasteiger partial charge in [-0.3, -0.25) is 4.79 Å². The van der Waals surface area contributed by atoms with Crippen molar-refractivity contribution < 1.29 is 27.5 Å². The normalized spacial score (nSPS) is 15.7. The van der Waals surface area contributed by atoms with Gasteiger partial charge in [-0.05, 0) is 31.2 Å². The van der Waals surface area contributed by atoms with Gasteiger partial charge in [0.15, 0.2) is 0 Å². The number of pyridine rings is 1. The molecule has 1 aliphatic heterocycles. The predicted octanol–water partition coefficient (Wildman–Crippen LogP) is 5.98. The average molecular weight is 529 g/mol. The minimum absolute atomic E-state index is 0.0516. The largest absolute Gasteiger partial charge is 0.449 e. The summed E-state index contributed by atoms with van der Waals surface area (Å²) in [5.41, 5.74) is -0.613. The van der Waals surface area contributed by atoms with Crippen molar-refractivity contribution in [2.75, 3.05) is 31.6 Å². The zero-order valence-corrected chi connectivity index (χ0v) is 21.9. The molecular weight excluding hydrogens is 493 g/mol. The van der Waals surface area contributed by atoms with E-state index in [0.29, 0.717) is 38.5 Å². The zero-order valence-electron chi connectivity index (χ0n) is 21.0. The quantitative estimate of drug-likeness (QED) is 0.371. The second kappa shape index (κ2) is 12.6. The first-order chi connectivity index (χ1) is 17.2. The number of thiophene rings is 1. The highest BCUT2D eigenvalue weighted by Crippen LogP contribution is 2.40. The Bertz CT molecular complexity index is 1040. The molecular formula is C25H35F3N4O3S.